The van der Waals surface area contributed by atoms with Crippen LogP contribution in [0.3, 0.4) is 0 Å². The van der Waals surface area contributed by atoms with Gasteiger partial charge < -0.3 is 35.3 Å². The summed E-state index contributed by atoms with van der Waals surface area (Å²) < 4.78 is 43.8. The number of carbonyl (C=O) groups excluding carboxylic acids is 1. The first-order valence-corrected chi connectivity index (χ1v) is 26.0. The van der Waals surface area contributed by atoms with E-state index in [0.29, 0.717) is 46.3 Å². The number of aromatic amines is 1. The van der Waals surface area contributed by atoms with Gasteiger partial charge in [-0.25, -0.2) is 18.1 Å². The molecule has 15 heteroatoms. The van der Waals surface area contributed by atoms with E-state index in [2.05, 4.69) is 84.8 Å². The fraction of sp³-hybridized carbons (Fsp3) is 0.500. The predicted octanol–water partition coefficient (Wildman–Crippen LogP) is 8.11. The van der Waals surface area contributed by atoms with Gasteiger partial charge in [-0.1, -0.05) is 38.1 Å². The molecule has 6 aliphatic rings. The van der Waals surface area contributed by atoms with Gasteiger partial charge in [0.25, 0.3) is 15.9 Å². The second-order valence-corrected chi connectivity index (χ2v) is 22.4. The Hall–Kier alpha value is -5.35. The molecule has 3 saturated heterocycles. The van der Waals surface area contributed by atoms with Crippen molar-refractivity contribution in [2.75, 3.05) is 75.4 Å². The van der Waals surface area contributed by atoms with E-state index in [1.54, 1.807) is 12.3 Å². The molecule has 2 spiro atoms. The number of hydrogen-bond acceptors (Lipinski definition) is 12. The van der Waals surface area contributed by atoms with Gasteiger partial charge >= 0.3 is 0 Å². The number of piperidine rings is 1. The van der Waals surface area contributed by atoms with Gasteiger partial charge in [0.1, 0.15) is 34.2 Å². The molecule has 4 aliphatic heterocycles. The minimum absolute atomic E-state index is 0.0132. The van der Waals surface area contributed by atoms with Crippen LogP contribution in [0.25, 0.3) is 11.0 Å². The van der Waals surface area contributed by atoms with Crippen molar-refractivity contribution in [3.8, 4) is 17.2 Å². The lowest BCUT2D eigenvalue weighted by molar-refractivity contribution is -0.0409. The van der Waals surface area contributed by atoms with Crippen LogP contribution < -0.4 is 30.1 Å². The van der Waals surface area contributed by atoms with Crippen LogP contribution in [0.2, 0.25) is 0 Å². The smallest absolute Gasteiger partial charge is 0.268 e. The summed E-state index contributed by atoms with van der Waals surface area (Å²) in [6.45, 7) is 12.4. The van der Waals surface area contributed by atoms with Crippen molar-refractivity contribution in [1.82, 2.24) is 29.4 Å². The molecule has 1 unspecified atom stereocenters. The molecule has 2 saturated carbocycles. The fourth-order valence-electron chi connectivity index (χ4n) is 12.1. The number of benzene rings is 3. The number of piperazine rings is 1. The molecule has 5 N–H and O–H groups in total. The van der Waals surface area contributed by atoms with Crippen molar-refractivity contribution in [2.24, 2.45) is 5.41 Å². The number of aromatic nitrogens is 2. The largest absolute Gasteiger partial charge is 0.483 e. The third-order valence-corrected chi connectivity index (χ3v) is 17.5. The van der Waals surface area contributed by atoms with Crippen molar-refractivity contribution in [2.45, 2.75) is 106 Å². The van der Waals surface area contributed by atoms with E-state index in [9.17, 15) is 13.2 Å². The molecular weight excluding hydrogens is 863 g/mol. The van der Waals surface area contributed by atoms with Crippen LogP contribution in [0.4, 0.5) is 17.1 Å². The summed E-state index contributed by atoms with van der Waals surface area (Å²) in [6, 6.07) is 22.3. The van der Waals surface area contributed by atoms with Crippen molar-refractivity contribution in [3.63, 3.8) is 0 Å². The van der Waals surface area contributed by atoms with E-state index in [4.69, 9.17) is 15.2 Å². The van der Waals surface area contributed by atoms with Crippen molar-refractivity contribution in [3.05, 3.63) is 95.8 Å². The molecule has 0 radical (unpaired) electrons. The zero-order valence-electron chi connectivity index (χ0n) is 39.1. The second kappa shape index (κ2) is 17.3. The van der Waals surface area contributed by atoms with Crippen LogP contribution in [0.1, 0.15) is 105 Å². The molecule has 5 fully saturated rings. The summed E-state index contributed by atoms with van der Waals surface area (Å²) in [7, 11) is -2.26. The Labute approximate surface area is 394 Å². The monoisotopic (exact) mass is 927 g/mol. The van der Waals surface area contributed by atoms with Crippen LogP contribution >= 0.6 is 0 Å². The van der Waals surface area contributed by atoms with Crippen LogP contribution in [0, 0.1) is 5.41 Å². The highest BCUT2D eigenvalue weighted by atomic mass is 32.2. The molecular formula is C52H65N9O5S. The Morgan fingerprint density at radius 1 is 0.955 bits per heavy atom. The number of fused-ring (bicyclic) bond motifs is 2. The average molecular weight is 928 g/mol. The molecule has 2 atom stereocenters. The number of sulfonamides is 1. The molecule has 6 heterocycles. The first kappa shape index (κ1) is 44.2. The van der Waals surface area contributed by atoms with E-state index in [-0.39, 0.29) is 27.9 Å². The minimum Gasteiger partial charge on any atom is -0.483 e. The fourth-order valence-corrected chi connectivity index (χ4v) is 13.1. The van der Waals surface area contributed by atoms with Gasteiger partial charge in [-0.15, -0.1) is 0 Å². The van der Waals surface area contributed by atoms with Crippen molar-refractivity contribution >= 4 is 44.0 Å². The lowest BCUT2D eigenvalue weighted by atomic mass is 9.59. The zero-order chi connectivity index (χ0) is 46.1. The Balaban J connectivity index is 0.798. The van der Waals surface area contributed by atoms with Crippen LogP contribution in [-0.2, 0) is 10.0 Å². The number of likely N-dealkylation sites (tertiary alicyclic amines) is 1. The lowest BCUT2D eigenvalue weighted by Crippen LogP contribution is -2.63. The van der Waals surface area contributed by atoms with Crippen LogP contribution in [0.5, 0.6) is 17.2 Å². The van der Waals surface area contributed by atoms with Crippen LogP contribution in [0.15, 0.2) is 84.0 Å². The van der Waals surface area contributed by atoms with E-state index < -0.39 is 21.5 Å². The molecule has 2 aromatic heterocycles. The lowest BCUT2D eigenvalue weighted by Gasteiger charge is -2.56. The number of carbonyl (C=O) groups is 1. The number of rotatable bonds is 11. The zero-order valence-corrected chi connectivity index (χ0v) is 39.9. The maximum atomic E-state index is 14.2. The van der Waals surface area contributed by atoms with E-state index in [1.165, 1.54) is 55.5 Å². The molecule has 1 amide bonds. The van der Waals surface area contributed by atoms with Gasteiger partial charge in [0.15, 0.2) is 0 Å². The summed E-state index contributed by atoms with van der Waals surface area (Å²) in [5.74, 6) is 0.750. The average Bonchev–Trinajstić information content (AvgIpc) is 3.98. The molecule has 67 heavy (non-hydrogen) atoms. The summed E-state index contributed by atoms with van der Waals surface area (Å²) >= 11 is 0. The van der Waals surface area contributed by atoms with Gasteiger partial charge in [-0.2, -0.15) is 0 Å². The summed E-state index contributed by atoms with van der Waals surface area (Å²) in [4.78, 5) is 31.7. The number of nitrogens with one attached hydrogen (secondary N) is 3. The molecule has 0 bridgehead atoms. The van der Waals surface area contributed by atoms with E-state index in [1.807, 2.05) is 30.5 Å². The third-order valence-electron chi connectivity index (χ3n) is 16.2. The Morgan fingerprint density at radius 2 is 1.75 bits per heavy atom. The summed E-state index contributed by atoms with van der Waals surface area (Å²) in [6.07, 6.45) is 13.3. The Bertz CT molecular complexity index is 2770. The normalized spacial score (nSPS) is 23.1. The maximum absolute atomic E-state index is 14.2. The van der Waals surface area contributed by atoms with Crippen molar-refractivity contribution < 1.29 is 22.7 Å². The molecule has 3 aromatic carbocycles. The molecule has 2 aliphatic carbocycles. The predicted molar refractivity (Wildman–Crippen MR) is 263 cm³/mol. The maximum Gasteiger partial charge on any atom is 0.268 e. The highest BCUT2D eigenvalue weighted by molar-refractivity contribution is 7.90. The van der Waals surface area contributed by atoms with Gasteiger partial charge in [0, 0.05) is 87.3 Å². The number of H-pyrrole nitrogens is 1. The van der Waals surface area contributed by atoms with Crippen LogP contribution in [-0.4, -0.2) is 116 Å². The first-order valence-electron chi connectivity index (χ1n) is 24.6. The number of amides is 1. The van der Waals surface area contributed by atoms with E-state index >= 15 is 0 Å². The molecule has 11 rings (SSSR count). The standard InChI is InChI=1S/C52H65N9O5S/c1-34(2)40-8-4-5-9-41(40)44-10-6-19-61(44)37-30-51(31-37)16-20-60(21-17-51)36-11-12-42(45(27-36)65-38-26-35-13-18-54-49(35)55-32-38)50(62)57-67(63,64)39-28-43(53)48-46(29-39)66-52(14-7-15-52)47(56-48)33-59-24-22-58(3)23-25-59/h4-5,8-9,11-13,18,26-29,32,34,37,44,47,56H,6-7,10,14-17,19-25,30-31,33,53H2,1-3H3,(H,54,55)(H,57,62)/t44-,47?/m0/s1. The number of nitrogens with two attached hydrogens (primary N) is 1. The number of pyridine rings is 1. The summed E-state index contributed by atoms with van der Waals surface area (Å²) in [5.41, 5.74) is 12.0. The van der Waals surface area contributed by atoms with E-state index in [0.717, 1.165) is 89.0 Å². The number of nitrogen functional groups attached to an aromatic ring is 1. The van der Waals surface area contributed by atoms with Gasteiger partial charge in [-0.3, -0.25) is 14.6 Å². The molecule has 14 nitrogen and oxygen atoms in total. The Morgan fingerprint density at radius 3 is 2.51 bits per heavy atom. The Kier molecular flexibility index (Phi) is 11.4. The number of likely N-dealkylation sites (N-methyl/N-ethyl adjacent to an activating group) is 1. The summed E-state index contributed by atoms with van der Waals surface area (Å²) in [5, 5.41) is 4.50. The highest BCUT2D eigenvalue weighted by Gasteiger charge is 2.52. The van der Waals surface area contributed by atoms with Gasteiger partial charge in [-0.05, 0) is 124 Å². The topological polar surface area (TPSA) is 161 Å². The molecule has 354 valence electrons. The van der Waals surface area contributed by atoms with Gasteiger partial charge in [0.2, 0.25) is 0 Å². The number of hydrogen-bond donors (Lipinski definition) is 4. The number of anilines is 3. The number of nitrogens with zero attached hydrogens (tertiary/aromatic N) is 5. The highest BCUT2D eigenvalue weighted by Crippen LogP contribution is 2.55. The first-order chi connectivity index (χ1) is 32.3. The molecule has 5 aromatic rings. The third kappa shape index (κ3) is 8.39. The van der Waals surface area contributed by atoms with Gasteiger partial charge in [0.05, 0.1) is 28.4 Å². The quantitative estimate of drug-likeness (QED) is 0.0944. The minimum atomic E-state index is -4.40. The van der Waals surface area contributed by atoms with Crippen molar-refractivity contribution in [1.29, 1.82) is 0 Å². The number of ether oxygens (including phenoxy) is 2. The second-order valence-electron chi connectivity index (χ2n) is 20.7. The SMILES string of the molecule is CC(C)c1ccccc1[C@@H]1CCCN1C1CC2(CCN(c3ccc(C(=O)NS(=O)(=O)c4cc(N)c5c(c4)OC4(CCC4)C(CN4CCN(C)CC4)N5)c(Oc4cnc5[nH]ccc5c4)c3)CC2)C1.